The van der Waals surface area contributed by atoms with Gasteiger partial charge in [-0.05, 0) is 49.1 Å². The normalized spacial score (nSPS) is 15.7. The number of allylic oxidation sites excluding steroid dienone is 2. The lowest BCUT2D eigenvalue weighted by Gasteiger charge is -2.27. The Bertz CT molecular complexity index is 1090. The Morgan fingerprint density at radius 2 is 2.03 bits per heavy atom. The number of hydrogen-bond donors (Lipinski definition) is 0. The first-order valence-electron chi connectivity index (χ1n) is 10.2. The number of aromatic nitrogens is 1. The number of fused-ring (bicyclic) bond motifs is 1. The first kappa shape index (κ1) is 20.3. The van der Waals surface area contributed by atoms with Gasteiger partial charge in [0.15, 0.2) is 0 Å². The Kier molecular flexibility index (Phi) is 5.68. The number of halogens is 1. The number of rotatable bonds is 5. The van der Waals surface area contributed by atoms with Crippen LogP contribution in [0, 0.1) is 5.82 Å². The number of nitrogens with zero attached hydrogens (tertiary/aromatic N) is 2. The van der Waals surface area contributed by atoms with Crippen LogP contribution in [0.2, 0.25) is 0 Å². The second-order valence-electron chi connectivity index (χ2n) is 7.81. The molecule has 0 bridgehead atoms. The van der Waals surface area contributed by atoms with Crippen LogP contribution in [0.15, 0.2) is 47.4 Å². The van der Waals surface area contributed by atoms with E-state index in [2.05, 4.69) is 6.58 Å². The Balaban J connectivity index is 1.81. The third kappa shape index (κ3) is 3.87. The fourth-order valence-corrected chi connectivity index (χ4v) is 4.09. The highest BCUT2D eigenvalue weighted by molar-refractivity contribution is 5.96. The zero-order chi connectivity index (χ0) is 21.3. The summed E-state index contributed by atoms with van der Waals surface area (Å²) >= 11 is 0. The van der Waals surface area contributed by atoms with Crippen molar-refractivity contribution < 1.29 is 13.9 Å². The molecule has 0 unspecified atom stereocenters. The first-order chi connectivity index (χ1) is 14.5. The molecule has 1 aliphatic carbocycles. The van der Waals surface area contributed by atoms with Crippen LogP contribution in [0.4, 0.5) is 4.39 Å². The summed E-state index contributed by atoms with van der Waals surface area (Å²) in [5, 5.41) is 0. The second kappa shape index (κ2) is 8.40. The topological polar surface area (TPSA) is 51.5 Å². The summed E-state index contributed by atoms with van der Waals surface area (Å²) in [5.41, 5.74) is 4.28. The first-order valence-corrected chi connectivity index (χ1v) is 10.2. The van der Waals surface area contributed by atoms with Crippen molar-refractivity contribution in [3.63, 3.8) is 0 Å². The van der Waals surface area contributed by atoms with Crippen LogP contribution in [0.1, 0.15) is 34.8 Å². The van der Waals surface area contributed by atoms with E-state index in [-0.39, 0.29) is 11.5 Å². The van der Waals surface area contributed by atoms with Crippen LogP contribution in [0.5, 0.6) is 0 Å². The van der Waals surface area contributed by atoms with E-state index in [1.165, 1.54) is 12.1 Å². The van der Waals surface area contributed by atoms with E-state index < -0.39 is 5.82 Å². The van der Waals surface area contributed by atoms with Crippen molar-refractivity contribution in [3.05, 3.63) is 75.5 Å². The summed E-state index contributed by atoms with van der Waals surface area (Å²) in [4.78, 5) is 27.5. The zero-order valence-electron chi connectivity index (χ0n) is 17.1. The third-order valence-electron chi connectivity index (χ3n) is 5.59. The predicted molar refractivity (Wildman–Crippen MR) is 115 cm³/mol. The molecule has 0 atom stereocenters. The van der Waals surface area contributed by atoms with E-state index in [1.54, 1.807) is 27.8 Å². The van der Waals surface area contributed by atoms with Crippen LogP contribution in [-0.2, 0) is 17.7 Å². The lowest BCUT2D eigenvalue weighted by atomic mass is 9.97. The molecule has 0 N–H and O–H groups in total. The maximum absolute atomic E-state index is 14.6. The molecule has 1 fully saturated rings. The van der Waals surface area contributed by atoms with Gasteiger partial charge < -0.3 is 14.2 Å². The molecule has 0 saturated carbocycles. The minimum absolute atomic E-state index is 0.0234. The van der Waals surface area contributed by atoms with Crippen molar-refractivity contribution >= 4 is 12.0 Å². The highest BCUT2D eigenvalue weighted by Crippen LogP contribution is 2.33. The minimum Gasteiger partial charge on any atom is -0.378 e. The molecule has 5 nitrogen and oxygen atoms in total. The van der Waals surface area contributed by atoms with Gasteiger partial charge in [0.2, 0.25) is 0 Å². The van der Waals surface area contributed by atoms with Gasteiger partial charge in [-0.2, -0.15) is 0 Å². The van der Waals surface area contributed by atoms with E-state index in [9.17, 15) is 14.0 Å². The van der Waals surface area contributed by atoms with Crippen LogP contribution >= 0.6 is 0 Å². The highest BCUT2D eigenvalue weighted by atomic mass is 19.1. The number of hydrogen-bond acceptors (Lipinski definition) is 3. The maximum Gasteiger partial charge on any atom is 0.254 e. The standard InChI is InChI=1S/C24H25FN2O3/c1-3-4-5-27-15-22(20-10-16(2)11-21(20)24(27)29)17-12-18(14-19(25)13-17)23(28)26-6-8-30-9-7-26/h3,10,12-15H,1,4-9,11H2,2H3. The summed E-state index contributed by atoms with van der Waals surface area (Å²) in [6.07, 6.45) is 6.78. The highest BCUT2D eigenvalue weighted by Gasteiger charge is 2.23. The SMILES string of the molecule is C=CCCn1cc(-c2cc(F)cc(C(=O)N3CCOCC3)c2)c2c(c1=O)CC(C)=C2. The Morgan fingerprint density at radius 3 is 2.77 bits per heavy atom. The summed E-state index contributed by atoms with van der Waals surface area (Å²) in [7, 11) is 0. The Morgan fingerprint density at radius 1 is 1.27 bits per heavy atom. The number of ether oxygens (including phenoxy) is 1. The lowest BCUT2D eigenvalue weighted by molar-refractivity contribution is 0.0302. The van der Waals surface area contributed by atoms with E-state index >= 15 is 0 Å². The molecule has 1 aromatic carbocycles. The van der Waals surface area contributed by atoms with Gasteiger partial charge in [0.05, 0.1) is 13.2 Å². The van der Waals surface area contributed by atoms with Gasteiger partial charge in [-0.15, -0.1) is 6.58 Å². The molecule has 0 radical (unpaired) electrons. The number of aryl methyl sites for hydroxylation is 1. The summed E-state index contributed by atoms with van der Waals surface area (Å²) < 4.78 is 21.5. The summed E-state index contributed by atoms with van der Waals surface area (Å²) in [6.45, 7) is 8.18. The smallest absolute Gasteiger partial charge is 0.254 e. The molecule has 2 aromatic rings. The molecule has 1 amide bonds. The van der Waals surface area contributed by atoms with Crippen molar-refractivity contribution in [3.8, 4) is 11.1 Å². The van der Waals surface area contributed by atoms with Crippen molar-refractivity contribution in [2.24, 2.45) is 0 Å². The molecule has 0 spiro atoms. The molecule has 156 valence electrons. The number of carbonyl (C=O) groups is 1. The zero-order valence-corrected chi connectivity index (χ0v) is 17.1. The largest absolute Gasteiger partial charge is 0.378 e. The van der Waals surface area contributed by atoms with Gasteiger partial charge in [-0.1, -0.05) is 17.7 Å². The molecule has 4 rings (SSSR count). The van der Waals surface area contributed by atoms with Crippen LogP contribution in [0.25, 0.3) is 17.2 Å². The van der Waals surface area contributed by atoms with Gasteiger partial charge in [0.25, 0.3) is 11.5 Å². The third-order valence-corrected chi connectivity index (χ3v) is 5.59. The van der Waals surface area contributed by atoms with E-state index in [0.717, 1.165) is 22.3 Å². The van der Waals surface area contributed by atoms with Gasteiger partial charge in [0.1, 0.15) is 5.82 Å². The maximum atomic E-state index is 14.6. The molecular weight excluding hydrogens is 383 g/mol. The number of amides is 1. The van der Waals surface area contributed by atoms with Crippen LogP contribution < -0.4 is 5.56 Å². The minimum atomic E-state index is -0.472. The number of morpholine rings is 1. The predicted octanol–water partition coefficient (Wildman–Crippen LogP) is 3.66. The van der Waals surface area contributed by atoms with Crippen LogP contribution in [-0.4, -0.2) is 41.7 Å². The van der Waals surface area contributed by atoms with Crippen molar-refractivity contribution in [1.29, 1.82) is 0 Å². The second-order valence-corrected chi connectivity index (χ2v) is 7.81. The van der Waals surface area contributed by atoms with Gasteiger partial charge >= 0.3 is 0 Å². The van der Waals surface area contributed by atoms with Crippen molar-refractivity contribution in [2.45, 2.75) is 26.3 Å². The molecular formula is C24H25FN2O3. The molecule has 1 aromatic heterocycles. The number of benzene rings is 1. The van der Waals surface area contributed by atoms with Gasteiger partial charge in [0, 0.05) is 42.5 Å². The molecule has 2 aliphatic rings. The van der Waals surface area contributed by atoms with E-state index in [1.807, 2.05) is 13.0 Å². The molecule has 1 aliphatic heterocycles. The average Bonchev–Trinajstić information content (AvgIpc) is 3.15. The van der Waals surface area contributed by atoms with E-state index in [0.29, 0.717) is 56.8 Å². The fourth-order valence-electron chi connectivity index (χ4n) is 4.09. The fraction of sp³-hybridized carbons (Fsp3) is 0.333. The average molecular weight is 408 g/mol. The van der Waals surface area contributed by atoms with E-state index in [4.69, 9.17) is 4.74 Å². The van der Waals surface area contributed by atoms with Crippen LogP contribution in [0.3, 0.4) is 0 Å². The molecule has 30 heavy (non-hydrogen) atoms. The van der Waals surface area contributed by atoms with Gasteiger partial charge in [-0.25, -0.2) is 4.39 Å². The Hall–Kier alpha value is -2.99. The Labute approximate surface area is 175 Å². The van der Waals surface area contributed by atoms with Crippen molar-refractivity contribution in [1.82, 2.24) is 9.47 Å². The number of pyridine rings is 1. The quantitative estimate of drug-likeness (QED) is 0.710. The summed E-state index contributed by atoms with van der Waals surface area (Å²) in [5.74, 6) is -0.678. The van der Waals surface area contributed by atoms with Crippen molar-refractivity contribution in [2.75, 3.05) is 26.3 Å². The summed E-state index contributed by atoms with van der Waals surface area (Å²) in [6, 6.07) is 4.42. The lowest BCUT2D eigenvalue weighted by Crippen LogP contribution is -2.40. The van der Waals surface area contributed by atoms with Gasteiger partial charge in [-0.3, -0.25) is 9.59 Å². The molecule has 1 saturated heterocycles. The monoisotopic (exact) mass is 408 g/mol. The molecule has 2 heterocycles. The number of carbonyl (C=O) groups excluding carboxylic acids is 1. The molecule has 6 heteroatoms.